The number of hydrogen-bond donors (Lipinski definition) is 0. The minimum absolute atomic E-state index is 0.576. The van der Waals surface area contributed by atoms with E-state index in [0.29, 0.717) is 6.04 Å². The first-order valence-electron chi connectivity index (χ1n) is 13.5. The van der Waals surface area contributed by atoms with Crippen LogP contribution in [0.2, 0.25) is 0 Å². The van der Waals surface area contributed by atoms with E-state index in [0.717, 1.165) is 0 Å². The third-order valence-electron chi connectivity index (χ3n) is 8.42. The van der Waals surface area contributed by atoms with Crippen molar-refractivity contribution >= 4 is 43.6 Å². The van der Waals surface area contributed by atoms with Crippen LogP contribution in [0.25, 0.3) is 60.4 Å². The van der Waals surface area contributed by atoms with Gasteiger partial charge in [-0.3, -0.25) is 0 Å². The van der Waals surface area contributed by atoms with Crippen LogP contribution in [0.4, 0.5) is 0 Å². The van der Waals surface area contributed by atoms with E-state index >= 15 is 0 Å². The van der Waals surface area contributed by atoms with Crippen molar-refractivity contribution in [2.75, 3.05) is 0 Å². The predicted octanol–water partition coefficient (Wildman–Crippen LogP) is 9.67. The molecule has 1 aliphatic carbocycles. The molecule has 8 rings (SSSR count). The van der Waals surface area contributed by atoms with E-state index in [4.69, 9.17) is 0 Å². The van der Waals surface area contributed by atoms with Gasteiger partial charge in [-0.05, 0) is 54.8 Å². The molecule has 0 amide bonds. The first-order chi connectivity index (χ1) is 18.4. The molecule has 1 saturated carbocycles. The van der Waals surface area contributed by atoms with Crippen molar-refractivity contribution in [2.24, 2.45) is 0 Å². The number of fused-ring (bicyclic) bond motifs is 6. The van der Waals surface area contributed by atoms with Gasteiger partial charge in [0.1, 0.15) is 0 Å². The van der Waals surface area contributed by atoms with Gasteiger partial charge in [-0.15, -0.1) is 0 Å². The van der Waals surface area contributed by atoms with Crippen molar-refractivity contribution in [3.63, 3.8) is 0 Å². The fraction of sp³-hybridized carbons (Fsp3) is 0.143. The average molecular weight is 477 g/mol. The zero-order valence-corrected chi connectivity index (χ0v) is 20.8. The fourth-order valence-corrected chi connectivity index (χ4v) is 6.82. The van der Waals surface area contributed by atoms with Gasteiger partial charge in [0.05, 0.1) is 16.6 Å². The summed E-state index contributed by atoms with van der Waals surface area (Å²) in [6.45, 7) is 0. The van der Waals surface area contributed by atoms with Crippen LogP contribution < -0.4 is 0 Å². The van der Waals surface area contributed by atoms with Gasteiger partial charge in [-0.1, -0.05) is 91.7 Å². The van der Waals surface area contributed by atoms with Crippen molar-refractivity contribution < 1.29 is 0 Å². The Balaban J connectivity index is 1.44. The van der Waals surface area contributed by atoms with E-state index < -0.39 is 0 Å². The van der Waals surface area contributed by atoms with Crippen LogP contribution in [0.15, 0.2) is 115 Å². The molecule has 7 aromatic rings. The van der Waals surface area contributed by atoms with Crippen molar-refractivity contribution in [3.8, 4) is 16.8 Å². The van der Waals surface area contributed by atoms with E-state index in [2.05, 4.69) is 124 Å². The largest absolute Gasteiger partial charge is 0.337 e. The van der Waals surface area contributed by atoms with E-state index in [1.807, 2.05) is 0 Å². The van der Waals surface area contributed by atoms with Gasteiger partial charge in [0.25, 0.3) is 0 Å². The summed E-state index contributed by atoms with van der Waals surface area (Å²) in [5.41, 5.74) is 9.08. The number of para-hydroxylation sites is 4. The minimum Gasteiger partial charge on any atom is -0.337 e. The SMILES string of the molecule is c1ccc(-n2c3ccccc3c3cc(-c4cccc5c6ccccc6n(C6CCCC6)c45)ccc32)cc1. The minimum atomic E-state index is 0.576. The van der Waals surface area contributed by atoms with Gasteiger partial charge in [0.2, 0.25) is 0 Å². The van der Waals surface area contributed by atoms with Crippen LogP contribution >= 0.6 is 0 Å². The van der Waals surface area contributed by atoms with Gasteiger partial charge in [-0.25, -0.2) is 0 Å². The lowest BCUT2D eigenvalue weighted by molar-refractivity contribution is 0.550. The summed E-state index contributed by atoms with van der Waals surface area (Å²) in [5.74, 6) is 0. The lowest BCUT2D eigenvalue weighted by Crippen LogP contribution is -2.04. The number of aromatic nitrogens is 2. The zero-order valence-electron chi connectivity index (χ0n) is 20.8. The Morgan fingerprint density at radius 2 is 1.16 bits per heavy atom. The Bertz CT molecular complexity index is 1930. The summed E-state index contributed by atoms with van der Waals surface area (Å²) in [4.78, 5) is 0. The van der Waals surface area contributed by atoms with Gasteiger partial charge in [0, 0.05) is 44.4 Å². The van der Waals surface area contributed by atoms with Crippen LogP contribution in [0.3, 0.4) is 0 Å². The van der Waals surface area contributed by atoms with Gasteiger partial charge < -0.3 is 9.13 Å². The molecule has 0 N–H and O–H groups in total. The maximum atomic E-state index is 2.67. The maximum Gasteiger partial charge on any atom is 0.0573 e. The molecule has 5 aromatic carbocycles. The molecule has 2 nitrogen and oxygen atoms in total. The number of nitrogens with zero attached hydrogens (tertiary/aromatic N) is 2. The molecule has 2 heterocycles. The van der Waals surface area contributed by atoms with Gasteiger partial charge in [-0.2, -0.15) is 0 Å². The van der Waals surface area contributed by atoms with Gasteiger partial charge in [0.15, 0.2) is 0 Å². The molecule has 2 aromatic heterocycles. The highest BCUT2D eigenvalue weighted by molar-refractivity contribution is 6.15. The van der Waals surface area contributed by atoms with Crippen LogP contribution in [0.1, 0.15) is 31.7 Å². The Morgan fingerprint density at radius 1 is 0.514 bits per heavy atom. The fourth-order valence-electron chi connectivity index (χ4n) is 6.82. The van der Waals surface area contributed by atoms with Crippen LogP contribution in [0, 0.1) is 0 Å². The van der Waals surface area contributed by atoms with E-state index in [9.17, 15) is 0 Å². The highest BCUT2D eigenvalue weighted by atomic mass is 15.0. The van der Waals surface area contributed by atoms with Crippen molar-refractivity contribution in [3.05, 3.63) is 115 Å². The van der Waals surface area contributed by atoms with Crippen molar-refractivity contribution in [2.45, 2.75) is 31.7 Å². The molecule has 0 radical (unpaired) electrons. The molecule has 178 valence electrons. The Labute approximate surface area is 216 Å². The summed E-state index contributed by atoms with van der Waals surface area (Å²) < 4.78 is 5.06. The first-order valence-corrected chi connectivity index (χ1v) is 13.5. The molecule has 2 heteroatoms. The molecule has 37 heavy (non-hydrogen) atoms. The molecule has 1 fully saturated rings. The molecule has 1 aliphatic rings. The quantitative estimate of drug-likeness (QED) is 0.240. The standard InChI is InChI=1S/C35H28N2/c1-2-11-25(12-3-1)36-32-19-8-7-16-29(32)31-23-24(21-22-34(31)36)27-17-10-18-30-28-15-6-9-20-33(28)37(35(27)30)26-13-4-5-14-26/h1-3,6-12,15-23,26H,4-5,13-14H2. The molecular formula is C35H28N2. The number of hydrogen-bond acceptors (Lipinski definition) is 0. The zero-order chi connectivity index (χ0) is 24.3. The van der Waals surface area contributed by atoms with Gasteiger partial charge >= 0.3 is 0 Å². The second-order valence-corrected chi connectivity index (χ2v) is 10.4. The normalized spacial score (nSPS) is 14.5. The molecular weight excluding hydrogens is 448 g/mol. The summed E-state index contributed by atoms with van der Waals surface area (Å²) in [6, 6.07) is 43.0. The van der Waals surface area contributed by atoms with Crippen LogP contribution in [-0.2, 0) is 0 Å². The van der Waals surface area contributed by atoms with E-state index in [1.165, 1.54) is 86.1 Å². The highest BCUT2D eigenvalue weighted by Crippen LogP contribution is 2.43. The number of rotatable bonds is 3. The molecule has 0 spiro atoms. The van der Waals surface area contributed by atoms with Crippen LogP contribution in [0.5, 0.6) is 0 Å². The molecule has 0 aliphatic heterocycles. The topological polar surface area (TPSA) is 9.86 Å². The molecule has 0 bridgehead atoms. The van der Waals surface area contributed by atoms with E-state index in [-0.39, 0.29) is 0 Å². The van der Waals surface area contributed by atoms with Crippen LogP contribution in [-0.4, -0.2) is 9.13 Å². The average Bonchev–Trinajstić information content (AvgIpc) is 3.68. The van der Waals surface area contributed by atoms with E-state index in [1.54, 1.807) is 0 Å². The highest BCUT2D eigenvalue weighted by Gasteiger charge is 2.24. The maximum absolute atomic E-state index is 2.67. The monoisotopic (exact) mass is 476 g/mol. The Morgan fingerprint density at radius 3 is 1.97 bits per heavy atom. The number of benzene rings is 5. The second-order valence-electron chi connectivity index (χ2n) is 10.4. The summed E-state index contributed by atoms with van der Waals surface area (Å²) in [6.07, 6.45) is 5.19. The summed E-state index contributed by atoms with van der Waals surface area (Å²) in [5, 5.41) is 5.34. The molecule has 0 saturated heterocycles. The summed E-state index contributed by atoms with van der Waals surface area (Å²) >= 11 is 0. The first kappa shape index (κ1) is 20.8. The summed E-state index contributed by atoms with van der Waals surface area (Å²) in [7, 11) is 0. The molecule has 0 unspecified atom stereocenters. The lowest BCUT2D eigenvalue weighted by atomic mass is 9.99. The smallest absolute Gasteiger partial charge is 0.0573 e. The third-order valence-corrected chi connectivity index (χ3v) is 8.42. The Hall–Kier alpha value is -4.30. The lowest BCUT2D eigenvalue weighted by Gasteiger charge is -2.18. The third kappa shape index (κ3) is 3.05. The second kappa shape index (κ2) is 8.11. The molecule has 0 atom stereocenters. The van der Waals surface area contributed by atoms with Crippen molar-refractivity contribution in [1.29, 1.82) is 0 Å². The Kier molecular flexibility index (Phi) is 4.57. The predicted molar refractivity (Wildman–Crippen MR) is 157 cm³/mol. The van der Waals surface area contributed by atoms with Crippen molar-refractivity contribution in [1.82, 2.24) is 9.13 Å².